The molecule has 2 amide bonds. The van der Waals surface area contributed by atoms with E-state index in [0.29, 0.717) is 5.56 Å². The zero-order valence-electron chi connectivity index (χ0n) is 9.21. The first-order chi connectivity index (χ1) is 8.49. The number of carbonyl (C=O) groups is 3. The van der Waals surface area contributed by atoms with Crippen molar-refractivity contribution >= 4 is 18.0 Å². The molecule has 1 aromatic heterocycles. The van der Waals surface area contributed by atoms with E-state index in [-0.39, 0.29) is 6.54 Å². The van der Waals surface area contributed by atoms with Crippen molar-refractivity contribution in [3.63, 3.8) is 0 Å². The van der Waals surface area contributed by atoms with Crippen LogP contribution in [0.1, 0.15) is 12.0 Å². The smallest absolute Gasteiger partial charge is 0.326 e. The third-order valence-electron chi connectivity index (χ3n) is 1.99. The van der Waals surface area contributed by atoms with Crippen molar-refractivity contribution in [2.45, 2.75) is 19.0 Å². The van der Waals surface area contributed by atoms with Crippen LogP contribution < -0.4 is 10.6 Å². The second-order valence-corrected chi connectivity index (χ2v) is 3.42. The van der Waals surface area contributed by atoms with E-state index in [4.69, 9.17) is 10.2 Å². The molecule has 18 heavy (non-hydrogen) atoms. The first-order valence-corrected chi connectivity index (χ1v) is 4.95. The van der Waals surface area contributed by atoms with Crippen molar-refractivity contribution in [3.05, 3.63) is 18.0 Å². The van der Waals surface area contributed by atoms with E-state index < -0.39 is 30.4 Å². The van der Waals surface area contributed by atoms with Crippen molar-refractivity contribution < 1.29 is 24.6 Å². The third kappa shape index (κ3) is 4.51. The summed E-state index contributed by atoms with van der Waals surface area (Å²) in [5.74, 6) is -2.71. The molecule has 0 fully saturated rings. The predicted octanol–water partition coefficient (Wildman–Crippen LogP) is -0.863. The summed E-state index contributed by atoms with van der Waals surface area (Å²) >= 11 is 0. The number of H-pyrrole nitrogens is 1. The van der Waals surface area contributed by atoms with E-state index in [1.165, 1.54) is 6.20 Å². The maximum Gasteiger partial charge on any atom is 0.326 e. The van der Waals surface area contributed by atoms with Crippen molar-refractivity contribution in [2.75, 3.05) is 0 Å². The second-order valence-electron chi connectivity index (χ2n) is 3.42. The number of nitrogens with one attached hydrogen (secondary N) is 3. The van der Waals surface area contributed by atoms with Crippen LogP contribution in [0.2, 0.25) is 0 Å². The van der Waals surface area contributed by atoms with Crippen LogP contribution in [0.3, 0.4) is 0 Å². The van der Waals surface area contributed by atoms with Crippen molar-refractivity contribution in [3.8, 4) is 0 Å². The van der Waals surface area contributed by atoms with Gasteiger partial charge in [0.2, 0.25) is 0 Å². The molecule has 0 saturated carbocycles. The van der Waals surface area contributed by atoms with E-state index in [1.807, 2.05) is 5.32 Å². The number of nitrogens with zero attached hydrogens (tertiary/aromatic N) is 1. The molecule has 0 aliphatic heterocycles. The highest BCUT2D eigenvalue weighted by molar-refractivity contribution is 5.86. The number of aromatic amines is 1. The van der Waals surface area contributed by atoms with E-state index in [9.17, 15) is 14.4 Å². The highest BCUT2D eigenvalue weighted by Crippen LogP contribution is 1.94. The van der Waals surface area contributed by atoms with Gasteiger partial charge in [0.1, 0.15) is 6.04 Å². The van der Waals surface area contributed by atoms with Crippen LogP contribution >= 0.6 is 0 Å². The van der Waals surface area contributed by atoms with E-state index in [1.54, 1.807) is 6.20 Å². The maximum atomic E-state index is 11.3. The summed E-state index contributed by atoms with van der Waals surface area (Å²) in [6.07, 6.45) is 2.37. The van der Waals surface area contributed by atoms with Gasteiger partial charge in [-0.05, 0) is 0 Å². The predicted molar refractivity (Wildman–Crippen MR) is 57.6 cm³/mol. The molecule has 9 nitrogen and oxygen atoms in total. The monoisotopic (exact) mass is 256 g/mol. The number of carboxylic acid groups (broad SMARTS) is 2. The number of carboxylic acids is 2. The fraction of sp³-hybridized carbons (Fsp3) is 0.333. The Balaban J connectivity index is 2.41. The molecular formula is C9H12N4O5. The average molecular weight is 256 g/mol. The number of carbonyl (C=O) groups excluding carboxylic acids is 1. The fourth-order valence-corrected chi connectivity index (χ4v) is 1.14. The van der Waals surface area contributed by atoms with E-state index in [0.717, 1.165) is 0 Å². The molecule has 5 N–H and O–H groups in total. The van der Waals surface area contributed by atoms with Gasteiger partial charge in [-0.15, -0.1) is 0 Å². The Morgan fingerprint density at radius 2 is 2.11 bits per heavy atom. The number of hydrogen-bond donors (Lipinski definition) is 5. The number of aromatic nitrogens is 2. The summed E-state index contributed by atoms with van der Waals surface area (Å²) in [6, 6.07) is -2.23. The molecule has 0 radical (unpaired) electrons. The Morgan fingerprint density at radius 3 is 2.61 bits per heavy atom. The van der Waals surface area contributed by atoms with Crippen LogP contribution in [0.15, 0.2) is 12.4 Å². The van der Waals surface area contributed by atoms with Crippen LogP contribution in [-0.2, 0) is 16.1 Å². The Kier molecular flexibility index (Phi) is 4.67. The number of rotatable bonds is 6. The lowest BCUT2D eigenvalue weighted by Gasteiger charge is -2.12. The molecule has 1 atom stereocenters. The van der Waals surface area contributed by atoms with Gasteiger partial charge in [-0.2, -0.15) is 5.10 Å². The molecule has 0 unspecified atom stereocenters. The van der Waals surface area contributed by atoms with Gasteiger partial charge < -0.3 is 20.8 Å². The minimum atomic E-state index is -1.47. The molecule has 0 aliphatic carbocycles. The van der Waals surface area contributed by atoms with E-state index in [2.05, 4.69) is 15.5 Å². The zero-order chi connectivity index (χ0) is 13.5. The fourth-order valence-electron chi connectivity index (χ4n) is 1.14. The van der Waals surface area contributed by atoms with Gasteiger partial charge in [0, 0.05) is 18.3 Å². The van der Waals surface area contributed by atoms with Crippen LogP contribution in [0, 0.1) is 0 Å². The number of amides is 2. The molecule has 0 aromatic carbocycles. The van der Waals surface area contributed by atoms with Crippen LogP contribution in [0.4, 0.5) is 4.79 Å². The average Bonchev–Trinajstić information content (AvgIpc) is 2.77. The second kappa shape index (κ2) is 6.23. The molecule has 0 aliphatic rings. The summed E-state index contributed by atoms with van der Waals surface area (Å²) in [5, 5.41) is 27.8. The SMILES string of the molecule is O=C(O)C[C@@H](NC(=O)NCc1cn[nH]c1)C(=O)O. The molecule has 0 saturated heterocycles. The Labute approximate surface area is 101 Å². The number of aliphatic carboxylic acids is 2. The number of hydrogen-bond acceptors (Lipinski definition) is 4. The molecule has 1 aromatic rings. The molecule has 1 heterocycles. The largest absolute Gasteiger partial charge is 0.481 e. The van der Waals surface area contributed by atoms with Crippen LogP contribution in [0.25, 0.3) is 0 Å². The molecule has 98 valence electrons. The first-order valence-electron chi connectivity index (χ1n) is 4.95. The highest BCUT2D eigenvalue weighted by atomic mass is 16.4. The summed E-state index contributed by atoms with van der Waals surface area (Å²) in [6.45, 7) is 0.155. The molecule has 9 heteroatoms. The number of urea groups is 1. The summed E-state index contributed by atoms with van der Waals surface area (Å²) in [4.78, 5) is 32.4. The lowest BCUT2D eigenvalue weighted by molar-refractivity contribution is -0.145. The lowest BCUT2D eigenvalue weighted by Crippen LogP contribution is -2.46. The van der Waals surface area contributed by atoms with Gasteiger partial charge in [0.05, 0.1) is 12.6 Å². The minimum Gasteiger partial charge on any atom is -0.481 e. The molecule has 0 bridgehead atoms. The molecule has 1 rings (SSSR count). The van der Waals surface area contributed by atoms with Gasteiger partial charge in [-0.3, -0.25) is 9.89 Å². The van der Waals surface area contributed by atoms with Gasteiger partial charge >= 0.3 is 18.0 Å². The van der Waals surface area contributed by atoms with Crippen molar-refractivity contribution in [1.82, 2.24) is 20.8 Å². The maximum absolute atomic E-state index is 11.3. The topological polar surface area (TPSA) is 144 Å². The summed E-state index contributed by atoms with van der Waals surface area (Å²) < 4.78 is 0. The van der Waals surface area contributed by atoms with Gasteiger partial charge in [0.25, 0.3) is 0 Å². The molecule has 0 spiro atoms. The molecular weight excluding hydrogens is 244 g/mol. The van der Waals surface area contributed by atoms with Crippen molar-refractivity contribution in [1.29, 1.82) is 0 Å². The first kappa shape index (κ1) is 13.5. The van der Waals surface area contributed by atoms with Crippen molar-refractivity contribution in [2.24, 2.45) is 0 Å². The third-order valence-corrected chi connectivity index (χ3v) is 1.99. The summed E-state index contributed by atoms with van der Waals surface area (Å²) in [5.41, 5.74) is 0.704. The quantitative estimate of drug-likeness (QED) is 0.447. The standard InChI is InChI=1S/C9H12N4O5/c14-7(15)1-6(8(16)17)13-9(18)10-2-5-3-11-12-4-5/h3-4,6H,1-2H2,(H,11,12)(H,14,15)(H,16,17)(H2,10,13,18)/t6-/m1/s1. The van der Waals surface area contributed by atoms with Gasteiger partial charge in [0.15, 0.2) is 0 Å². The van der Waals surface area contributed by atoms with Crippen LogP contribution in [-0.4, -0.2) is 44.4 Å². The summed E-state index contributed by atoms with van der Waals surface area (Å²) in [7, 11) is 0. The van der Waals surface area contributed by atoms with E-state index >= 15 is 0 Å². The minimum absolute atomic E-state index is 0.155. The van der Waals surface area contributed by atoms with Gasteiger partial charge in [-0.25, -0.2) is 9.59 Å². The Bertz CT molecular complexity index is 430. The zero-order valence-corrected chi connectivity index (χ0v) is 9.21. The lowest BCUT2D eigenvalue weighted by atomic mass is 10.2. The normalized spacial score (nSPS) is 11.6. The highest BCUT2D eigenvalue weighted by Gasteiger charge is 2.22. The van der Waals surface area contributed by atoms with Crippen LogP contribution in [0.5, 0.6) is 0 Å². The Hall–Kier alpha value is -2.58. The van der Waals surface area contributed by atoms with Gasteiger partial charge in [-0.1, -0.05) is 0 Å². The Morgan fingerprint density at radius 1 is 1.39 bits per heavy atom.